The normalized spacial score (nSPS) is 10.5. The van der Waals surface area contributed by atoms with Crippen LogP contribution in [0.2, 0.25) is 5.02 Å². The number of nitrogens with zero attached hydrogens (tertiary/aromatic N) is 2. The van der Waals surface area contributed by atoms with Gasteiger partial charge in [-0.2, -0.15) is 0 Å². The minimum atomic E-state index is 0.378. The topological polar surface area (TPSA) is 63.8 Å². The van der Waals surface area contributed by atoms with Gasteiger partial charge in [-0.05, 0) is 25.1 Å². The molecule has 0 radical (unpaired) electrons. The maximum Gasteiger partial charge on any atom is 0.238 e. The van der Waals surface area contributed by atoms with Crippen molar-refractivity contribution in [3.8, 4) is 22.5 Å². The zero-order chi connectivity index (χ0) is 15.5. The molecule has 22 heavy (non-hydrogen) atoms. The van der Waals surface area contributed by atoms with Crippen LogP contribution in [0.5, 0.6) is 0 Å². The van der Waals surface area contributed by atoms with Crippen LogP contribution in [0.4, 0.5) is 5.95 Å². The Morgan fingerprint density at radius 1 is 0.864 bits per heavy atom. The first kappa shape index (κ1) is 14.5. The smallest absolute Gasteiger partial charge is 0.238 e. The molecule has 0 saturated heterocycles. The summed E-state index contributed by atoms with van der Waals surface area (Å²) in [7, 11) is 0. The van der Waals surface area contributed by atoms with Crippen LogP contribution in [0.15, 0.2) is 54.6 Å². The summed E-state index contributed by atoms with van der Waals surface area (Å²) in [6, 6.07) is 17.6. The molecule has 0 aliphatic carbocycles. The van der Waals surface area contributed by atoms with Gasteiger partial charge in [0, 0.05) is 16.1 Å². The van der Waals surface area contributed by atoms with Gasteiger partial charge in [0.05, 0.1) is 11.4 Å². The zero-order valence-corrected chi connectivity index (χ0v) is 12.8. The van der Waals surface area contributed by atoms with Crippen LogP contribution in [-0.4, -0.2) is 9.97 Å². The highest BCUT2D eigenvalue weighted by Gasteiger charge is 2.08. The minimum absolute atomic E-state index is 0.378. The van der Waals surface area contributed by atoms with Gasteiger partial charge in [0.1, 0.15) is 0 Å². The highest BCUT2D eigenvalue weighted by molar-refractivity contribution is 6.30. The first-order valence-electron chi connectivity index (χ1n) is 6.84. The van der Waals surface area contributed by atoms with Crippen LogP contribution < -0.4 is 11.3 Å². The predicted molar refractivity (Wildman–Crippen MR) is 90.5 cm³/mol. The van der Waals surface area contributed by atoms with Crippen molar-refractivity contribution in [1.29, 1.82) is 0 Å². The molecule has 0 spiro atoms. The Morgan fingerprint density at radius 3 is 1.86 bits per heavy atom. The van der Waals surface area contributed by atoms with E-state index in [9.17, 15) is 0 Å². The number of rotatable bonds is 3. The fraction of sp³-hybridized carbons (Fsp3) is 0.0588. The average Bonchev–Trinajstić information content (AvgIpc) is 2.55. The van der Waals surface area contributed by atoms with Gasteiger partial charge in [-0.3, -0.25) is 5.43 Å². The van der Waals surface area contributed by atoms with E-state index < -0.39 is 0 Å². The van der Waals surface area contributed by atoms with E-state index in [2.05, 4.69) is 34.5 Å². The summed E-state index contributed by atoms with van der Waals surface area (Å²) in [5.41, 5.74) is 7.29. The Balaban J connectivity index is 2.10. The number of nitrogens with two attached hydrogens (primary N) is 1. The van der Waals surface area contributed by atoms with E-state index in [1.165, 1.54) is 5.56 Å². The monoisotopic (exact) mass is 310 g/mol. The molecule has 0 unspecified atom stereocenters. The number of nitrogens with one attached hydrogen (secondary N) is 1. The summed E-state index contributed by atoms with van der Waals surface area (Å²) in [6.07, 6.45) is 0. The molecule has 0 aliphatic heterocycles. The van der Waals surface area contributed by atoms with E-state index >= 15 is 0 Å². The van der Waals surface area contributed by atoms with Crippen LogP contribution in [0.25, 0.3) is 22.5 Å². The van der Waals surface area contributed by atoms with E-state index in [0.29, 0.717) is 11.0 Å². The van der Waals surface area contributed by atoms with E-state index in [-0.39, 0.29) is 0 Å². The quantitative estimate of drug-likeness (QED) is 0.565. The second-order valence-corrected chi connectivity index (χ2v) is 5.42. The number of nitrogen functional groups attached to an aromatic ring is 1. The predicted octanol–water partition coefficient (Wildman–Crippen LogP) is 4.06. The van der Waals surface area contributed by atoms with Crippen molar-refractivity contribution in [2.24, 2.45) is 5.84 Å². The van der Waals surface area contributed by atoms with E-state index in [1.807, 2.05) is 42.5 Å². The Morgan fingerprint density at radius 2 is 1.36 bits per heavy atom. The highest BCUT2D eigenvalue weighted by atomic mass is 35.5. The first-order valence-corrected chi connectivity index (χ1v) is 7.22. The molecular formula is C17H15ClN4. The molecule has 4 nitrogen and oxygen atoms in total. The lowest BCUT2D eigenvalue weighted by Crippen LogP contribution is -2.11. The standard InChI is InChI=1S/C17H15ClN4/c1-11-2-4-12(5-3-11)15-10-16(21-17(20-15)22-19)13-6-8-14(18)9-7-13/h2-10H,19H2,1H3,(H,20,21,22). The number of hydrogen-bond acceptors (Lipinski definition) is 4. The van der Waals surface area contributed by atoms with Gasteiger partial charge >= 0.3 is 0 Å². The van der Waals surface area contributed by atoms with Crippen LogP contribution in [0, 0.1) is 6.92 Å². The number of hydrogen-bond donors (Lipinski definition) is 2. The van der Waals surface area contributed by atoms with Crippen LogP contribution >= 0.6 is 11.6 Å². The third-order valence-electron chi connectivity index (χ3n) is 3.34. The van der Waals surface area contributed by atoms with E-state index in [1.54, 1.807) is 0 Å². The summed E-state index contributed by atoms with van der Waals surface area (Å²) in [6.45, 7) is 2.05. The zero-order valence-electron chi connectivity index (χ0n) is 12.0. The van der Waals surface area contributed by atoms with Crippen LogP contribution in [0.1, 0.15) is 5.56 Å². The van der Waals surface area contributed by atoms with Gasteiger partial charge in [0.15, 0.2) is 0 Å². The van der Waals surface area contributed by atoms with Crippen molar-refractivity contribution in [3.63, 3.8) is 0 Å². The lowest BCUT2D eigenvalue weighted by Gasteiger charge is -2.08. The summed E-state index contributed by atoms with van der Waals surface area (Å²) in [5.74, 6) is 5.87. The molecule has 0 saturated carbocycles. The molecule has 3 aromatic rings. The number of anilines is 1. The molecule has 0 fully saturated rings. The second kappa shape index (κ2) is 6.13. The number of halogens is 1. The molecule has 5 heteroatoms. The van der Waals surface area contributed by atoms with Crippen molar-refractivity contribution in [2.45, 2.75) is 6.92 Å². The van der Waals surface area contributed by atoms with Crippen molar-refractivity contribution in [2.75, 3.05) is 5.43 Å². The summed E-state index contributed by atoms with van der Waals surface area (Å²) in [5, 5.41) is 0.689. The van der Waals surface area contributed by atoms with Gasteiger partial charge in [0.25, 0.3) is 0 Å². The summed E-state index contributed by atoms with van der Waals surface area (Å²) in [4.78, 5) is 8.83. The lowest BCUT2D eigenvalue weighted by atomic mass is 10.1. The maximum atomic E-state index is 5.93. The molecule has 0 aliphatic rings. The minimum Gasteiger partial charge on any atom is -0.292 e. The SMILES string of the molecule is Cc1ccc(-c2cc(-c3ccc(Cl)cc3)nc(NN)n2)cc1. The van der Waals surface area contributed by atoms with Gasteiger partial charge in [-0.25, -0.2) is 15.8 Å². The molecule has 3 N–H and O–H groups in total. The first-order chi connectivity index (χ1) is 10.7. The van der Waals surface area contributed by atoms with Gasteiger partial charge in [-0.1, -0.05) is 53.6 Å². The number of aromatic nitrogens is 2. The second-order valence-electron chi connectivity index (χ2n) is 4.98. The molecular weight excluding hydrogens is 296 g/mol. The Kier molecular flexibility index (Phi) is 4.04. The van der Waals surface area contributed by atoms with Gasteiger partial charge in [0.2, 0.25) is 5.95 Å². The largest absolute Gasteiger partial charge is 0.292 e. The molecule has 0 amide bonds. The third-order valence-corrected chi connectivity index (χ3v) is 3.59. The van der Waals surface area contributed by atoms with Gasteiger partial charge < -0.3 is 0 Å². The van der Waals surface area contributed by atoms with Crippen molar-refractivity contribution >= 4 is 17.5 Å². The van der Waals surface area contributed by atoms with Crippen molar-refractivity contribution in [3.05, 3.63) is 65.2 Å². The number of aryl methyl sites for hydroxylation is 1. The van der Waals surface area contributed by atoms with Crippen molar-refractivity contribution < 1.29 is 0 Å². The number of benzene rings is 2. The highest BCUT2D eigenvalue weighted by Crippen LogP contribution is 2.26. The fourth-order valence-electron chi connectivity index (χ4n) is 2.15. The molecule has 3 rings (SSSR count). The molecule has 0 atom stereocenters. The molecule has 1 aromatic heterocycles. The van der Waals surface area contributed by atoms with E-state index in [0.717, 1.165) is 22.5 Å². The Bertz CT molecular complexity index is 719. The Hall–Kier alpha value is -2.43. The third kappa shape index (κ3) is 3.08. The average molecular weight is 311 g/mol. The van der Waals surface area contributed by atoms with E-state index in [4.69, 9.17) is 17.4 Å². The molecule has 110 valence electrons. The summed E-state index contributed by atoms with van der Waals surface area (Å²) < 4.78 is 0. The molecule has 2 aromatic carbocycles. The maximum absolute atomic E-state index is 5.93. The van der Waals surface area contributed by atoms with Gasteiger partial charge in [-0.15, -0.1) is 0 Å². The molecule has 1 heterocycles. The lowest BCUT2D eigenvalue weighted by molar-refractivity contribution is 1.12. The van der Waals surface area contributed by atoms with Crippen LogP contribution in [-0.2, 0) is 0 Å². The van der Waals surface area contributed by atoms with Crippen molar-refractivity contribution in [1.82, 2.24) is 9.97 Å². The Labute approximate surface area is 134 Å². The summed E-state index contributed by atoms with van der Waals surface area (Å²) >= 11 is 5.93. The molecule has 0 bridgehead atoms. The number of hydrazine groups is 1. The van der Waals surface area contributed by atoms with Crippen LogP contribution in [0.3, 0.4) is 0 Å². The fourth-order valence-corrected chi connectivity index (χ4v) is 2.28.